The van der Waals surface area contributed by atoms with Crippen LogP contribution in [0, 0.1) is 11.8 Å². The molecule has 0 aliphatic carbocycles. The lowest BCUT2D eigenvalue weighted by atomic mass is 9.88. The van der Waals surface area contributed by atoms with Crippen LogP contribution in [-0.2, 0) is 19.1 Å². The van der Waals surface area contributed by atoms with Gasteiger partial charge in [-0.3, -0.25) is 9.59 Å². The van der Waals surface area contributed by atoms with E-state index in [2.05, 4.69) is 0 Å². The Bertz CT molecular complexity index is 660. The van der Waals surface area contributed by atoms with Crippen molar-refractivity contribution in [3.05, 3.63) is 29.8 Å². The number of carbonyl (C=O) groups excluding carboxylic acids is 1. The highest BCUT2D eigenvalue weighted by molar-refractivity contribution is 5.73. The Balaban J connectivity index is 2.81. The molecule has 8 heteroatoms. The number of aliphatic hydroxyl groups excluding tert-OH is 2. The van der Waals surface area contributed by atoms with Gasteiger partial charge in [0, 0.05) is 7.11 Å². The summed E-state index contributed by atoms with van der Waals surface area (Å²) in [7, 11) is 1.55. The van der Waals surface area contributed by atoms with Crippen LogP contribution >= 0.6 is 0 Å². The van der Waals surface area contributed by atoms with Crippen LogP contribution in [0.4, 0.5) is 0 Å². The van der Waals surface area contributed by atoms with E-state index in [0.717, 1.165) is 5.56 Å². The molecule has 0 bridgehead atoms. The fourth-order valence-electron chi connectivity index (χ4n) is 3.12. The maximum Gasteiger partial charge on any atom is 0.309 e. The second-order valence-corrected chi connectivity index (χ2v) is 7.47. The Kier molecular flexibility index (Phi) is 10.1. The first-order chi connectivity index (χ1) is 13.6. The molecule has 0 spiro atoms. The number of hydrogen-bond donors (Lipinski definition) is 4. The van der Waals surface area contributed by atoms with Gasteiger partial charge in [-0.1, -0.05) is 19.1 Å². The van der Waals surface area contributed by atoms with E-state index >= 15 is 0 Å². The molecule has 29 heavy (non-hydrogen) atoms. The van der Waals surface area contributed by atoms with Gasteiger partial charge in [-0.2, -0.15) is 0 Å². The van der Waals surface area contributed by atoms with Gasteiger partial charge in [0.1, 0.15) is 11.9 Å². The van der Waals surface area contributed by atoms with Crippen molar-refractivity contribution in [2.24, 2.45) is 11.8 Å². The van der Waals surface area contributed by atoms with Gasteiger partial charge in [-0.05, 0) is 50.3 Å². The molecule has 0 saturated heterocycles. The summed E-state index contributed by atoms with van der Waals surface area (Å²) < 4.78 is 10.9. The number of esters is 1. The van der Waals surface area contributed by atoms with E-state index < -0.39 is 42.6 Å². The molecule has 1 aromatic rings. The Morgan fingerprint density at radius 2 is 1.76 bits per heavy atom. The monoisotopic (exact) mass is 412 g/mol. The summed E-state index contributed by atoms with van der Waals surface area (Å²) in [5.74, 6) is -2.98. The molecule has 0 amide bonds. The van der Waals surface area contributed by atoms with Gasteiger partial charge in [-0.15, -0.1) is 0 Å². The fourth-order valence-corrected chi connectivity index (χ4v) is 3.12. The Morgan fingerprint density at radius 3 is 2.28 bits per heavy atom. The fraction of sp³-hybridized carbons (Fsp3) is 0.619. The maximum absolute atomic E-state index is 12.1. The van der Waals surface area contributed by atoms with Crippen LogP contribution in [0.1, 0.15) is 51.7 Å². The number of rotatable bonds is 12. The van der Waals surface area contributed by atoms with Crippen LogP contribution in [0.5, 0.6) is 5.75 Å². The highest BCUT2D eigenvalue weighted by Crippen LogP contribution is 2.30. The number of phenols is 1. The number of benzene rings is 1. The summed E-state index contributed by atoms with van der Waals surface area (Å²) in [6.07, 6.45) is -2.97. The molecule has 0 aliphatic heterocycles. The predicted molar refractivity (Wildman–Crippen MR) is 105 cm³/mol. The average molecular weight is 412 g/mol. The van der Waals surface area contributed by atoms with Crippen molar-refractivity contribution in [1.29, 1.82) is 0 Å². The van der Waals surface area contributed by atoms with E-state index in [1.165, 1.54) is 13.8 Å². The first-order valence-electron chi connectivity index (χ1n) is 9.66. The standard InChI is InChI=1S/C21H32O8/c1-12(8-9-18(28-4)15-6-5-7-16(23)10-15)20(13(2)21(26)27)29-19(25)11-17(24)14(3)22/h5-7,10,12-14,17-18,20,22-24H,8-9,11H2,1-4H3,(H,26,27)/t12-,13+,14+,17+,18-,20-/m0/s1. The van der Waals surface area contributed by atoms with E-state index in [1.54, 1.807) is 32.2 Å². The summed E-state index contributed by atoms with van der Waals surface area (Å²) in [6, 6.07) is 6.70. The number of aliphatic hydroxyl groups is 2. The maximum atomic E-state index is 12.1. The Morgan fingerprint density at radius 1 is 1.10 bits per heavy atom. The summed E-state index contributed by atoms with van der Waals surface area (Å²) in [4.78, 5) is 23.6. The number of carboxylic acid groups (broad SMARTS) is 1. The topological polar surface area (TPSA) is 134 Å². The zero-order valence-electron chi connectivity index (χ0n) is 17.3. The van der Waals surface area contributed by atoms with Crippen LogP contribution in [0.25, 0.3) is 0 Å². The third-order valence-corrected chi connectivity index (χ3v) is 5.05. The van der Waals surface area contributed by atoms with Gasteiger partial charge >= 0.3 is 11.9 Å². The molecule has 0 unspecified atom stereocenters. The number of methoxy groups -OCH3 is 1. The first-order valence-corrected chi connectivity index (χ1v) is 9.66. The van der Waals surface area contributed by atoms with Crippen molar-refractivity contribution in [1.82, 2.24) is 0 Å². The third kappa shape index (κ3) is 8.00. The highest BCUT2D eigenvalue weighted by Gasteiger charge is 2.33. The largest absolute Gasteiger partial charge is 0.508 e. The number of hydrogen-bond acceptors (Lipinski definition) is 7. The highest BCUT2D eigenvalue weighted by atomic mass is 16.5. The number of carboxylic acids is 1. The Hall–Kier alpha value is -2.16. The first kappa shape index (κ1) is 24.9. The van der Waals surface area contributed by atoms with Crippen molar-refractivity contribution in [2.75, 3.05) is 7.11 Å². The molecule has 0 saturated carbocycles. The van der Waals surface area contributed by atoms with Crippen LogP contribution in [0.3, 0.4) is 0 Å². The minimum absolute atomic E-state index is 0.126. The number of aliphatic carboxylic acids is 1. The van der Waals surface area contributed by atoms with Crippen LogP contribution in [0.2, 0.25) is 0 Å². The van der Waals surface area contributed by atoms with Crippen molar-refractivity contribution >= 4 is 11.9 Å². The zero-order valence-corrected chi connectivity index (χ0v) is 17.3. The molecule has 0 radical (unpaired) electrons. The molecule has 0 heterocycles. The van der Waals surface area contributed by atoms with Gasteiger partial charge in [0.05, 0.1) is 30.7 Å². The Labute approximate surface area is 171 Å². The second-order valence-electron chi connectivity index (χ2n) is 7.47. The van der Waals surface area contributed by atoms with Crippen molar-refractivity contribution in [3.8, 4) is 5.75 Å². The van der Waals surface area contributed by atoms with Gasteiger partial charge < -0.3 is 29.9 Å². The lowest BCUT2D eigenvalue weighted by Crippen LogP contribution is -2.37. The number of carbonyl (C=O) groups is 2. The van der Waals surface area contributed by atoms with Gasteiger partial charge in [0.25, 0.3) is 0 Å². The molecular weight excluding hydrogens is 380 g/mol. The zero-order chi connectivity index (χ0) is 22.1. The molecule has 1 rings (SSSR count). The lowest BCUT2D eigenvalue weighted by molar-refractivity contribution is -0.164. The molecule has 4 N–H and O–H groups in total. The number of ether oxygens (including phenoxy) is 2. The lowest BCUT2D eigenvalue weighted by Gasteiger charge is -2.29. The minimum Gasteiger partial charge on any atom is -0.508 e. The third-order valence-electron chi connectivity index (χ3n) is 5.05. The molecule has 8 nitrogen and oxygen atoms in total. The molecule has 0 aromatic heterocycles. The van der Waals surface area contributed by atoms with Gasteiger partial charge in [-0.25, -0.2) is 0 Å². The number of phenolic OH excluding ortho intramolecular Hbond substituents is 1. The quantitative estimate of drug-likeness (QED) is 0.384. The normalized spacial score (nSPS) is 17.6. The molecule has 0 aliphatic rings. The SMILES string of the molecule is CO[C@@H](CC[C@H](C)[C@H](OC(=O)C[C@@H](O)[C@@H](C)O)[C@@H](C)C(=O)O)c1cccc(O)c1. The number of aromatic hydroxyl groups is 1. The van der Waals surface area contributed by atoms with Crippen LogP contribution < -0.4 is 0 Å². The average Bonchev–Trinajstić information content (AvgIpc) is 2.65. The van der Waals surface area contributed by atoms with E-state index in [1.807, 2.05) is 6.07 Å². The smallest absolute Gasteiger partial charge is 0.309 e. The second kappa shape index (κ2) is 11.7. The molecule has 0 fully saturated rings. The summed E-state index contributed by atoms with van der Waals surface area (Å²) in [6.45, 7) is 4.60. The van der Waals surface area contributed by atoms with Crippen molar-refractivity contribution in [2.45, 2.75) is 64.4 Å². The van der Waals surface area contributed by atoms with E-state index in [9.17, 15) is 30.0 Å². The van der Waals surface area contributed by atoms with E-state index in [4.69, 9.17) is 9.47 Å². The summed E-state index contributed by atoms with van der Waals surface area (Å²) in [5, 5.41) is 38.0. The van der Waals surface area contributed by atoms with Gasteiger partial charge in [0.15, 0.2) is 0 Å². The summed E-state index contributed by atoms with van der Waals surface area (Å²) >= 11 is 0. The van der Waals surface area contributed by atoms with E-state index in [0.29, 0.717) is 12.8 Å². The summed E-state index contributed by atoms with van der Waals surface area (Å²) in [5.41, 5.74) is 0.791. The molecule has 6 atom stereocenters. The van der Waals surface area contributed by atoms with Crippen LogP contribution in [0.15, 0.2) is 24.3 Å². The minimum atomic E-state index is -1.28. The van der Waals surface area contributed by atoms with Gasteiger partial charge in [0.2, 0.25) is 0 Å². The molecule has 1 aromatic carbocycles. The molecule has 164 valence electrons. The predicted octanol–water partition coefficient (Wildman–Crippen LogP) is 2.26. The van der Waals surface area contributed by atoms with Crippen molar-refractivity contribution < 1.29 is 39.5 Å². The molecular formula is C21H32O8. The van der Waals surface area contributed by atoms with Crippen LogP contribution in [-0.4, -0.2) is 57.8 Å². The van der Waals surface area contributed by atoms with E-state index in [-0.39, 0.29) is 17.8 Å². The van der Waals surface area contributed by atoms with Crippen molar-refractivity contribution in [3.63, 3.8) is 0 Å².